The minimum absolute atomic E-state index is 0.0371. The summed E-state index contributed by atoms with van der Waals surface area (Å²) in [4.78, 5) is 29.9. The highest BCUT2D eigenvalue weighted by Gasteiger charge is 2.49. The van der Waals surface area contributed by atoms with Crippen molar-refractivity contribution in [3.63, 3.8) is 0 Å². The summed E-state index contributed by atoms with van der Waals surface area (Å²) in [5, 5.41) is 0. The first-order chi connectivity index (χ1) is 18.5. The van der Waals surface area contributed by atoms with Crippen molar-refractivity contribution in [1.29, 1.82) is 0 Å². The first-order valence-corrected chi connectivity index (χ1v) is 15.5. The van der Waals surface area contributed by atoms with Gasteiger partial charge in [-0.25, -0.2) is 16.0 Å². The summed E-state index contributed by atoms with van der Waals surface area (Å²) in [5.74, 6) is 1.32. The number of hydrogen-bond donors (Lipinski definition) is 1. The zero-order valence-corrected chi connectivity index (χ0v) is 25.3. The quantitative estimate of drug-likeness (QED) is 0.172. The maximum absolute atomic E-state index is 13.1. The summed E-state index contributed by atoms with van der Waals surface area (Å²) < 4.78 is 51.8. The molecule has 0 spiro atoms. The van der Waals surface area contributed by atoms with Crippen molar-refractivity contribution >= 4 is 16.1 Å². The summed E-state index contributed by atoms with van der Waals surface area (Å²) in [5.41, 5.74) is -1.24. The van der Waals surface area contributed by atoms with E-state index in [1.807, 2.05) is 27.7 Å². The van der Waals surface area contributed by atoms with Gasteiger partial charge in [0.05, 0.1) is 13.2 Å². The van der Waals surface area contributed by atoms with Gasteiger partial charge in [0.2, 0.25) is 6.54 Å². The third kappa shape index (κ3) is 9.15. The van der Waals surface area contributed by atoms with Gasteiger partial charge < -0.3 is 32.4 Å². The van der Waals surface area contributed by atoms with Gasteiger partial charge in [-0.2, -0.15) is 0 Å². The Hall–Kier alpha value is -1.71. The van der Waals surface area contributed by atoms with E-state index in [9.17, 15) is 14.2 Å². The van der Waals surface area contributed by atoms with Crippen molar-refractivity contribution < 1.29 is 32.1 Å². The molecule has 5 atom stereocenters. The molecule has 0 saturated carbocycles. The predicted molar refractivity (Wildman–Crippen MR) is 147 cm³/mol. The van der Waals surface area contributed by atoms with Crippen molar-refractivity contribution in [1.82, 2.24) is 14.2 Å². The number of nitrogens with one attached hydrogen (secondary N) is 1. The first-order valence-electron chi connectivity index (χ1n) is 12.8. The molecule has 1 aliphatic rings. The van der Waals surface area contributed by atoms with E-state index in [-0.39, 0.29) is 38.4 Å². The van der Waals surface area contributed by atoms with Crippen LogP contribution in [0.4, 0.5) is 0 Å². The average Bonchev–Trinajstić information content (AvgIpc) is 3.19. The van der Waals surface area contributed by atoms with E-state index in [4.69, 9.17) is 34.1 Å². The number of nitrogens with zero attached hydrogens (tertiary/aromatic N) is 3. The largest absolute Gasteiger partial charge is 0.374 e. The minimum Gasteiger partial charge on any atom is -0.374 e. The molecule has 1 aromatic heterocycles. The smallest absolute Gasteiger partial charge is 0.353 e. The monoisotopic (exact) mass is 590 g/mol. The van der Waals surface area contributed by atoms with E-state index >= 15 is 0 Å². The Labute approximate surface area is 230 Å². The Morgan fingerprint density at radius 3 is 2.36 bits per heavy atom. The zero-order chi connectivity index (χ0) is 29.2. The second-order valence-corrected chi connectivity index (χ2v) is 12.3. The van der Waals surface area contributed by atoms with E-state index in [1.165, 1.54) is 35.8 Å². The van der Waals surface area contributed by atoms with Crippen LogP contribution in [0.3, 0.4) is 0 Å². The van der Waals surface area contributed by atoms with Crippen molar-refractivity contribution in [2.24, 2.45) is 0 Å². The number of ether oxygens (including phenoxy) is 2. The zero-order valence-electron chi connectivity index (χ0n) is 23.5. The Morgan fingerprint density at radius 2 is 1.85 bits per heavy atom. The van der Waals surface area contributed by atoms with Crippen LogP contribution in [-0.4, -0.2) is 78.1 Å². The van der Waals surface area contributed by atoms with E-state index in [0.717, 1.165) is 0 Å². The molecular weight excluding hydrogens is 550 g/mol. The molecule has 39 heavy (non-hydrogen) atoms. The van der Waals surface area contributed by atoms with Crippen molar-refractivity contribution in [2.45, 2.75) is 78.2 Å². The second-order valence-electron chi connectivity index (χ2n) is 9.02. The lowest BCUT2D eigenvalue weighted by atomic mass is 10.1. The fraction of sp³-hybridized carbons (Fsp3) is 0.708. The molecule has 1 saturated heterocycles. The number of rotatable bonds is 16. The third-order valence-electron chi connectivity index (χ3n) is 5.56. The molecule has 0 aliphatic carbocycles. The molecule has 0 bridgehead atoms. The van der Waals surface area contributed by atoms with E-state index < -0.39 is 51.9 Å². The fourth-order valence-corrected chi connectivity index (χ4v) is 7.20. The molecule has 13 nitrogen and oxygen atoms in total. The molecule has 1 aromatic rings. The van der Waals surface area contributed by atoms with Gasteiger partial charge in [0.25, 0.3) is 14.1 Å². The lowest BCUT2D eigenvalue weighted by Gasteiger charge is -2.37. The van der Waals surface area contributed by atoms with Gasteiger partial charge in [0.1, 0.15) is 24.9 Å². The topological polar surface area (TPSA) is 135 Å². The van der Waals surface area contributed by atoms with Gasteiger partial charge in [-0.15, -0.1) is 0 Å². The lowest BCUT2D eigenvalue weighted by Crippen LogP contribution is -2.41. The summed E-state index contributed by atoms with van der Waals surface area (Å²) >= 11 is 0. The van der Waals surface area contributed by atoms with Crippen LogP contribution in [0.5, 0.6) is 0 Å². The van der Waals surface area contributed by atoms with Crippen LogP contribution < -0.4 is 11.2 Å². The summed E-state index contributed by atoms with van der Waals surface area (Å²) in [6.45, 7) is 19.2. The Morgan fingerprint density at radius 1 is 1.21 bits per heavy atom. The maximum Gasteiger partial charge on any atom is 0.353 e. The van der Waals surface area contributed by atoms with Gasteiger partial charge in [0, 0.05) is 37.3 Å². The predicted octanol–water partition coefficient (Wildman–Crippen LogP) is 3.90. The number of aromatic amines is 1. The van der Waals surface area contributed by atoms with Crippen LogP contribution in [0.25, 0.3) is 4.85 Å². The van der Waals surface area contributed by atoms with Crippen LogP contribution in [0.15, 0.2) is 33.7 Å². The van der Waals surface area contributed by atoms with Crippen molar-refractivity contribution in [3.05, 3.63) is 56.4 Å². The molecule has 1 N–H and O–H groups in total. The Bertz CT molecular complexity index is 1120. The van der Waals surface area contributed by atoms with Crippen LogP contribution in [0.1, 0.15) is 47.8 Å². The van der Waals surface area contributed by atoms with Crippen LogP contribution in [0, 0.1) is 6.57 Å². The molecular formula is C24H40N4O9P2. The molecule has 0 radical (unpaired) electrons. The molecule has 0 amide bonds. The fourth-order valence-electron chi connectivity index (χ4n) is 4.11. The summed E-state index contributed by atoms with van der Waals surface area (Å²) in [6.07, 6.45) is -0.715. The molecule has 15 heteroatoms. The van der Waals surface area contributed by atoms with Gasteiger partial charge in [0.15, 0.2) is 6.23 Å². The average molecular weight is 591 g/mol. The van der Waals surface area contributed by atoms with Gasteiger partial charge in [-0.1, -0.05) is 0 Å². The van der Waals surface area contributed by atoms with Crippen LogP contribution in [0.2, 0.25) is 0 Å². The molecule has 2 unspecified atom stereocenters. The number of H-pyrrole nitrogens is 1. The van der Waals surface area contributed by atoms with Crippen molar-refractivity contribution in [2.75, 3.05) is 33.5 Å². The first kappa shape index (κ1) is 33.5. The summed E-state index contributed by atoms with van der Waals surface area (Å²) in [7, 11) is -3.85. The normalized spacial score (nSPS) is 22.8. The van der Waals surface area contributed by atoms with E-state index in [2.05, 4.69) is 14.5 Å². The highest BCUT2D eigenvalue weighted by molar-refractivity contribution is 7.57. The molecule has 1 aliphatic heterocycles. The van der Waals surface area contributed by atoms with Crippen LogP contribution >= 0.6 is 16.1 Å². The van der Waals surface area contributed by atoms with E-state index in [1.54, 1.807) is 13.8 Å². The molecule has 2 heterocycles. The molecule has 220 valence electrons. The van der Waals surface area contributed by atoms with Gasteiger partial charge >= 0.3 is 13.3 Å². The highest BCUT2D eigenvalue weighted by Crippen LogP contribution is 2.52. The van der Waals surface area contributed by atoms with Gasteiger partial charge in [-0.3, -0.25) is 18.9 Å². The Kier molecular flexibility index (Phi) is 13.7. The maximum atomic E-state index is 13.1. The molecule has 1 fully saturated rings. The standard InChI is InChI=1S/C24H40N4O9P2/c1-9-34-39(31,35-10-2)16-12-19-21(37-38(33-15-13-25-7)28(17(3)4)18(5)6)22(32-8)23(36-19)27-14-11-20(29)26-24(27)30/h11-12,14,16-19,21-23H,9-10,13,15H2,1-6,8H3,(H,26,29,30)/b16-12+/t19-,21?,22+,23-,38?/m1/s1. The molecule has 0 aromatic carbocycles. The Balaban J connectivity index is 2.56. The lowest BCUT2D eigenvalue weighted by molar-refractivity contribution is -0.0482. The second kappa shape index (κ2) is 15.9. The highest BCUT2D eigenvalue weighted by atomic mass is 31.2. The van der Waals surface area contributed by atoms with Gasteiger partial charge in [-0.05, 0) is 47.6 Å². The SMILES string of the molecule is [C-]#[N+]CCOP(OC1[C@@H](/C=C/P(=O)(OCC)OCC)O[C@@H](n2ccc(=O)[nH]c2=O)[C@H]1OC)N(C(C)C)C(C)C. The van der Waals surface area contributed by atoms with Crippen molar-refractivity contribution in [3.8, 4) is 0 Å². The number of methoxy groups -OCH3 is 1. The number of aromatic nitrogens is 2. The van der Waals surface area contributed by atoms with Crippen LogP contribution in [-0.2, 0) is 32.1 Å². The third-order valence-corrected chi connectivity index (χ3v) is 9.46. The molecule has 2 rings (SSSR count). The number of hydrogen-bond acceptors (Lipinski definition) is 10. The minimum atomic E-state index is -3.58. The summed E-state index contributed by atoms with van der Waals surface area (Å²) in [6, 6.07) is 1.28. The van der Waals surface area contributed by atoms with E-state index in [0.29, 0.717) is 0 Å².